The van der Waals surface area contributed by atoms with Gasteiger partial charge in [-0.15, -0.1) is 0 Å². The summed E-state index contributed by atoms with van der Waals surface area (Å²) in [5, 5.41) is 2.83. The lowest BCUT2D eigenvalue weighted by Crippen LogP contribution is -2.29. The maximum Gasteiger partial charge on any atom is 0.224 e. The number of likely N-dealkylation sites (tertiary alicyclic amines) is 1. The van der Waals surface area contributed by atoms with Crippen molar-refractivity contribution in [3.05, 3.63) is 22.8 Å². The first-order valence-electron chi connectivity index (χ1n) is 10.9. The molecule has 0 bridgehead atoms. The van der Waals surface area contributed by atoms with E-state index in [1.54, 1.807) is 0 Å². The van der Waals surface area contributed by atoms with Crippen molar-refractivity contribution in [2.75, 3.05) is 19.6 Å². The van der Waals surface area contributed by atoms with Crippen LogP contribution in [0.3, 0.4) is 0 Å². The number of carbonyl (C=O) groups is 2. The SMILES string of the molecule is CCNC(=O)Cc1c(C)nc(C2CCN(C(=O)CCC3CCCC3)C2)nc1C. The first-order valence-corrected chi connectivity index (χ1v) is 10.9. The van der Waals surface area contributed by atoms with Gasteiger partial charge in [-0.2, -0.15) is 0 Å². The van der Waals surface area contributed by atoms with E-state index < -0.39 is 0 Å². The predicted octanol–water partition coefficient (Wildman–Crippen LogP) is 3.06. The van der Waals surface area contributed by atoms with E-state index in [1.165, 1.54) is 25.7 Å². The summed E-state index contributed by atoms with van der Waals surface area (Å²) in [6, 6.07) is 0. The van der Waals surface area contributed by atoms with Gasteiger partial charge >= 0.3 is 0 Å². The number of likely N-dealkylation sites (N-methyl/N-ethyl adjacent to an activating group) is 1. The van der Waals surface area contributed by atoms with Crippen molar-refractivity contribution in [2.24, 2.45) is 5.92 Å². The highest BCUT2D eigenvalue weighted by atomic mass is 16.2. The minimum Gasteiger partial charge on any atom is -0.356 e. The second-order valence-electron chi connectivity index (χ2n) is 8.38. The fourth-order valence-electron chi connectivity index (χ4n) is 4.61. The lowest BCUT2D eigenvalue weighted by Gasteiger charge is -2.18. The van der Waals surface area contributed by atoms with Gasteiger partial charge in [-0.25, -0.2) is 9.97 Å². The average molecular weight is 387 g/mol. The lowest BCUT2D eigenvalue weighted by molar-refractivity contribution is -0.130. The van der Waals surface area contributed by atoms with E-state index in [4.69, 9.17) is 9.97 Å². The van der Waals surface area contributed by atoms with Gasteiger partial charge in [0.15, 0.2) is 0 Å². The normalized spacial score (nSPS) is 20.0. The molecule has 1 unspecified atom stereocenters. The Morgan fingerprint density at radius 1 is 1.11 bits per heavy atom. The summed E-state index contributed by atoms with van der Waals surface area (Å²) in [7, 11) is 0. The minimum atomic E-state index is 0.00458. The van der Waals surface area contributed by atoms with Crippen molar-refractivity contribution in [1.82, 2.24) is 20.2 Å². The first-order chi connectivity index (χ1) is 13.5. The van der Waals surface area contributed by atoms with Gasteiger partial charge in [0.2, 0.25) is 11.8 Å². The average Bonchev–Trinajstić information content (AvgIpc) is 3.34. The molecular weight excluding hydrogens is 352 g/mol. The summed E-state index contributed by atoms with van der Waals surface area (Å²) < 4.78 is 0. The summed E-state index contributed by atoms with van der Waals surface area (Å²) in [4.78, 5) is 35.9. The zero-order valence-electron chi connectivity index (χ0n) is 17.6. The molecule has 1 atom stereocenters. The van der Waals surface area contributed by atoms with Crippen LogP contribution in [0.2, 0.25) is 0 Å². The quantitative estimate of drug-likeness (QED) is 0.781. The van der Waals surface area contributed by atoms with E-state index in [1.807, 2.05) is 25.7 Å². The number of aromatic nitrogens is 2. The number of aryl methyl sites for hydroxylation is 2. The summed E-state index contributed by atoms with van der Waals surface area (Å²) in [5.41, 5.74) is 2.66. The van der Waals surface area contributed by atoms with Gasteiger partial charge in [-0.3, -0.25) is 9.59 Å². The molecule has 1 N–H and O–H groups in total. The Balaban J connectivity index is 1.58. The first kappa shape index (κ1) is 20.7. The van der Waals surface area contributed by atoms with Crippen LogP contribution in [0.25, 0.3) is 0 Å². The Kier molecular flexibility index (Phi) is 7.03. The summed E-state index contributed by atoms with van der Waals surface area (Å²) in [6.07, 6.45) is 8.22. The highest BCUT2D eigenvalue weighted by Gasteiger charge is 2.30. The highest BCUT2D eigenvalue weighted by Crippen LogP contribution is 2.30. The Hall–Kier alpha value is -1.98. The molecule has 0 aromatic carbocycles. The molecule has 1 aromatic rings. The zero-order valence-corrected chi connectivity index (χ0v) is 17.6. The van der Waals surface area contributed by atoms with E-state index in [9.17, 15) is 9.59 Å². The summed E-state index contributed by atoms with van der Waals surface area (Å²) in [6.45, 7) is 7.97. The van der Waals surface area contributed by atoms with Crippen LogP contribution in [0.5, 0.6) is 0 Å². The van der Waals surface area contributed by atoms with Crippen molar-refractivity contribution < 1.29 is 9.59 Å². The second kappa shape index (κ2) is 9.48. The highest BCUT2D eigenvalue weighted by molar-refractivity contribution is 5.79. The Labute approximate surface area is 168 Å². The number of carbonyl (C=O) groups excluding carboxylic acids is 2. The van der Waals surface area contributed by atoms with Crippen molar-refractivity contribution in [3.63, 3.8) is 0 Å². The molecule has 1 aromatic heterocycles. The zero-order chi connectivity index (χ0) is 20.1. The topological polar surface area (TPSA) is 75.2 Å². The van der Waals surface area contributed by atoms with Gasteiger partial charge in [0, 0.05) is 48.9 Å². The second-order valence-corrected chi connectivity index (χ2v) is 8.38. The number of rotatable bonds is 7. The third kappa shape index (κ3) is 5.09. The molecule has 28 heavy (non-hydrogen) atoms. The maximum atomic E-state index is 12.6. The van der Waals surface area contributed by atoms with Gasteiger partial charge in [0.25, 0.3) is 0 Å². The lowest BCUT2D eigenvalue weighted by atomic mass is 10.0. The number of amides is 2. The number of nitrogens with one attached hydrogen (secondary N) is 1. The molecule has 6 nitrogen and oxygen atoms in total. The molecule has 1 aliphatic heterocycles. The monoisotopic (exact) mass is 386 g/mol. The van der Waals surface area contributed by atoms with E-state index >= 15 is 0 Å². The van der Waals surface area contributed by atoms with Gasteiger partial charge in [-0.1, -0.05) is 25.7 Å². The van der Waals surface area contributed by atoms with Crippen LogP contribution >= 0.6 is 0 Å². The van der Waals surface area contributed by atoms with Crippen molar-refractivity contribution in [2.45, 2.75) is 78.1 Å². The smallest absolute Gasteiger partial charge is 0.224 e. The molecule has 1 saturated heterocycles. The van der Waals surface area contributed by atoms with Crippen LogP contribution in [-0.4, -0.2) is 46.3 Å². The number of hydrogen-bond donors (Lipinski definition) is 1. The third-order valence-electron chi connectivity index (χ3n) is 6.30. The molecule has 2 fully saturated rings. The molecule has 6 heteroatoms. The largest absolute Gasteiger partial charge is 0.356 e. The van der Waals surface area contributed by atoms with Crippen LogP contribution < -0.4 is 5.32 Å². The Bertz CT molecular complexity index is 689. The van der Waals surface area contributed by atoms with Crippen LogP contribution in [0.4, 0.5) is 0 Å². The minimum absolute atomic E-state index is 0.00458. The van der Waals surface area contributed by atoms with E-state index in [0.717, 1.165) is 54.6 Å². The van der Waals surface area contributed by atoms with Crippen molar-refractivity contribution in [3.8, 4) is 0 Å². The van der Waals surface area contributed by atoms with Crippen LogP contribution in [-0.2, 0) is 16.0 Å². The molecule has 2 heterocycles. The van der Waals surface area contributed by atoms with Crippen molar-refractivity contribution >= 4 is 11.8 Å². The van der Waals surface area contributed by atoms with Gasteiger partial charge in [-0.05, 0) is 39.5 Å². The molecule has 0 radical (unpaired) electrons. The Morgan fingerprint density at radius 2 is 1.79 bits per heavy atom. The van der Waals surface area contributed by atoms with E-state index in [2.05, 4.69) is 5.32 Å². The third-order valence-corrected chi connectivity index (χ3v) is 6.30. The van der Waals surface area contributed by atoms with E-state index in [0.29, 0.717) is 19.4 Å². The molecule has 1 aliphatic carbocycles. The summed E-state index contributed by atoms with van der Waals surface area (Å²) >= 11 is 0. The van der Waals surface area contributed by atoms with Crippen LogP contribution in [0, 0.1) is 19.8 Å². The number of hydrogen-bond acceptors (Lipinski definition) is 4. The van der Waals surface area contributed by atoms with Gasteiger partial charge < -0.3 is 10.2 Å². The van der Waals surface area contributed by atoms with Crippen molar-refractivity contribution in [1.29, 1.82) is 0 Å². The molecule has 154 valence electrons. The number of nitrogens with zero attached hydrogens (tertiary/aromatic N) is 3. The molecule has 2 amide bonds. The standard InChI is InChI=1S/C22H34N4O2/c1-4-23-20(27)13-19-15(2)24-22(25-16(19)3)18-11-12-26(14-18)21(28)10-9-17-7-5-6-8-17/h17-18H,4-14H2,1-3H3,(H,23,27). The predicted molar refractivity (Wildman–Crippen MR) is 109 cm³/mol. The molecule has 0 spiro atoms. The Morgan fingerprint density at radius 3 is 2.43 bits per heavy atom. The fraction of sp³-hybridized carbons (Fsp3) is 0.727. The van der Waals surface area contributed by atoms with Gasteiger partial charge in [0.05, 0.1) is 6.42 Å². The fourth-order valence-corrected chi connectivity index (χ4v) is 4.61. The van der Waals surface area contributed by atoms with Crippen LogP contribution in [0.15, 0.2) is 0 Å². The van der Waals surface area contributed by atoms with Crippen LogP contribution in [0.1, 0.15) is 80.6 Å². The van der Waals surface area contributed by atoms with Gasteiger partial charge in [0.1, 0.15) is 5.82 Å². The summed E-state index contributed by atoms with van der Waals surface area (Å²) in [5.74, 6) is 2.07. The van der Waals surface area contributed by atoms with E-state index in [-0.39, 0.29) is 17.7 Å². The molecule has 2 aliphatic rings. The molecular formula is C22H34N4O2. The molecule has 1 saturated carbocycles. The maximum absolute atomic E-state index is 12.6. The molecule has 3 rings (SSSR count).